The Morgan fingerprint density at radius 2 is 2.00 bits per heavy atom. The molecular formula is C22H25N3O3. The highest BCUT2D eigenvalue weighted by molar-refractivity contribution is 5.62. The number of nitrogens with zero attached hydrogens (tertiary/aromatic N) is 2. The number of carboxylic acid groups (broad SMARTS) is 1. The van der Waals surface area contributed by atoms with E-state index >= 15 is 0 Å². The Morgan fingerprint density at radius 3 is 2.71 bits per heavy atom. The van der Waals surface area contributed by atoms with E-state index < -0.39 is 0 Å². The molecule has 146 valence electrons. The minimum absolute atomic E-state index is 0.250. The Balaban J connectivity index is 0.000000706. The molecule has 0 bridgehead atoms. The van der Waals surface area contributed by atoms with Crippen LogP contribution in [0.1, 0.15) is 37.3 Å². The molecule has 0 saturated heterocycles. The van der Waals surface area contributed by atoms with Crippen molar-refractivity contribution in [1.82, 2.24) is 15.5 Å². The highest BCUT2D eigenvalue weighted by Crippen LogP contribution is 2.26. The van der Waals surface area contributed by atoms with Gasteiger partial charge in [0.15, 0.2) is 0 Å². The summed E-state index contributed by atoms with van der Waals surface area (Å²) in [4.78, 5) is 13.0. The van der Waals surface area contributed by atoms with Crippen molar-refractivity contribution in [3.63, 3.8) is 0 Å². The summed E-state index contributed by atoms with van der Waals surface area (Å²) in [6.45, 7) is 2.77. The number of nitrogens with one attached hydrogen (secondary N) is 1. The molecule has 3 aromatic rings. The van der Waals surface area contributed by atoms with Gasteiger partial charge in [-0.2, -0.15) is 4.98 Å². The molecule has 1 aromatic heterocycles. The van der Waals surface area contributed by atoms with E-state index in [2.05, 4.69) is 46.6 Å². The molecule has 2 N–H and O–H groups in total. The van der Waals surface area contributed by atoms with Crippen molar-refractivity contribution < 1.29 is 14.4 Å². The Kier molecular flexibility index (Phi) is 6.92. The van der Waals surface area contributed by atoms with E-state index in [1.807, 2.05) is 24.3 Å². The molecule has 1 saturated carbocycles. The number of hydrogen-bond donors (Lipinski definition) is 2. The maximum absolute atomic E-state index is 8.36. The van der Waals surface area contributed by atoms with Gasteiger partial charge in [-0.25, -0.2) is 0 Å². The van der Waals surface area contributed by atoms with Crippen LogP contribution in [0.15, 0.2) is 53.1 Å². The lowest BCUT2D eigenvalue weighted by molar-refractivity contribution is -0.122. The van der Waals surface area contributed by atoms with Crippen molar-refractivity contribution in [3.05, 3.63) is 59.7 Å². The zero-order valence-corrected chi connectivity index (χ0v) is 16.0. The minimum atomic E-state index is -0.250. The van der Waals surface area contributed by atoms with Crippen LogP contribution in [0.2, 0.25) is 0 Å². The topological polar surface area (TPSA) is 88.3 Å². The Morgan fingerprint density at radius 1 is 1.21 bits per heavy atom. The molecular weight excluding hydrogens is 354 g/mol. The van der Waals surface area contributed by atoms with Crippen molar-refractivity contribution >= 4 is 6.47 Å². The number of benzene rings is 2. The molecule has 0 spiro atoms. The van der Waals surface area contributed by atoms with Crippen LogP contribution in [0.25, 0.3) is 22.8 Å². The van der Waals surface area contributed by atoms with Crippen molar-refractivity contribution in [2.75, 3.05) is 0 Å². The van der Waals surface area contributed by atoms with E-state index in [0.717, 1.165) is 24.1 Å². The van der Waals surface area contributed by atoms with Gasteiger partial charge in [0.1, 0.15) is 0 Å². The summed E-state index contributed by atoms with van der Waals surface area (Å²) in [7, 11) is 0. The van der Waals surface area contributed by atoms with Gasteiger partial charge in [0.05, 0.1) is 0 Å². The first-order valence-electron chi connectivity index (χ1n) is 9.57. The van der Waals surface area contributed by atoms with Gasteiger partial charge in [-0.1, -0.05) is 54.9 Å². The van der Waals surface area contributed by atoms with E-state index in [9.17, 15) is 0 Å². The third-order valence-electron chi connectivity index (χ3n) is 4.94. The van der Waals surface area contributed by atoms with Crippen LogP contribution in [0.3, 0.4) is 0 Å². The second-order valence-electron chi connectivity index (χ2n) is 6.75. The van der Waals surface area contributed by atoms with Gasteiger partial charge in [0, 0.05) is 23.7 Å². The summed E-state index contributed by atoms with van der Waals surface area (Å²) in [5.41, 5.74) is 4.49. The number of hydrogen-bond acceptors (Lipinski definition) is 5. The lowest BCUT2D eigenvalue weighted by Gasteiger charge is -2.26. The van der Waals surface area contributed by atoms with Gasteiger partial charge in [0.25, 0.3) is 12.4 Å². The average molecular weight is 379 g/mol. The first-order chi connectivity index (χ1) is 13.7. The van der Waals surface area contributed by atoms with Crippen molar-refractivity contribution in [2.45, 2.75) is 45.2 Å². The predicted octanol–water partition coefficient (Wildman–Crippen LogP) is 4.31. The predicted molar refractivity (Wildman–Crippen MR) is 108 cm³/mol. The standard InChI is InChI=1S/C21H23N3O.CH2O2/c1-2-16-8-3-4-12-19(16)21-23-20(24-25-21)17-9-5-7-15(13-17)14-22-18-10-6-11-18;2-1-3/h3-5,7-9,12-13,18,22H,2,6,10-11,14H2,1H3;1H,(H,2,3). The molecule has 6 heteroatoms. The van der Waals surface area contributed by atoms with Crippen LogP contribution >= 0.6 is 0 Å². The van der Waals surface area contributed by atoms with E-state index in [4.69, 9.17) is 14.4 Å². The molecule has 1 aliphatic carbocycles. The van der Waals surface area contributed by atoms with Crippen LogP contribution in [0.4, 0.5) is 0 Å². The number of carbonyl (C=O) groups is 1. The van der Waals surface area contributed by atoms with Gasteiger partial charge >= 0.3 is 0 Å². The summed E-state index contributed by atoms with van der Waals surface area (Å²) in [6.07, 6.45) is 4.88. The fourth-order valence-corrected chi connectivity index (χ4v) is 3.18. The molecule has 0 unspecified atom stereocenters. The van der Waals surface area contributed by atoms with Crippen LogP contribution in [-0.4, -0.2) is 27.8 Å². The second kappa shape index (κ2) is 9.80. The molecule has 6 nitrogen and oxygen atoms in total. The Hall–Kier alpha value is -2.99. The number of aryl methyl sites for hydroxylation is 1. The summed E-state index contributed by atoms with van der Waals surface area (Å²) in [5.74, 6) is 1.23. The molecule has 0 atom stereocenters. The Labute approximate surface area is 164 Å². The zero-order valence-electron chi connectivity index (χ0n) is 16.0. The maximum atomic E-state index is 8.36. The lowest BCUT2D eigenvalue weighted by atomic mass is 9.93. The van der Waals surface area contributed by atoms with Crippen molar-refractivity contribution in [3.8, 4) is 22.8 Å². The largest absolute Gasteiger partial charge is 0.483 e. The van der Waals surface area contributed by atoms with Gasteiger partial charge < -0.3 is 14.9 Å². The highest BCUT2D eigenvalue weighted by Gasteiger charge is 2.17. The fourth-order valence-electron chi connectivity index (χ4n) is 3.18. The van der Waals surface area contributed by atoms with E-state index in [1.54, 1.807) is 0 Å². The van der Waals surface area contributed by atoms with Gasteiger partial charge in [-0.15, -0.1) is 0 Å². The highest BCUT2D eigenvalue weighted by atomic mass is 16.5. The van der Waals surface area contributed by atoms with Gasteiger partial charge in [-0.05, 0) is 42.5 Å². The maximum Gasteiger partial charge on any atom is 0.290 e. The smallest absolute Gasteiger partial charge is 0.290 e. The number of aromatic nitrogens is 2. The molecule has 4 rings (SSSR count). The van der Waals surface area contributed by atoms with Crippen LogP contribution in [0.5, 0.6) is 0 Å². The molecule has 28 heavy (non-hydrogen) atoms. The van der Waals surface area contributed by atoms with Gasteiger partial charge in [-0.3, -0.25) is 4.79 Å². The molecule has 0 radical (unpaired) electrons. The monoisotopic (exact) mass is 379 g/mol. The molecule has 1 heterocycles. The average Bonchev–Trinajstić information content (AvgIpc) is 3.18. The first-order valence-corrected chi connectivity index (χ1v) is 9.57. The Bertz CT molecular complexity index is 903. The van der Waals surface area contributed by atoms with Crippen LogP contribution in [0, 0.1) is 0 Å². The third-order valence-corrected chi connectivity index (χ3v) is 4.94. The van der Waals surface area contributed by atoms with E-state index in [-0.39, 0.29) is 6.47 Å². The molecule has 0 amide bonds. The third kappa shape index (κ3) is 4.84. The molecule has 1 fully saturated rings. The van der Waals surface area contributed by atoms with Crippen LogP contribution < -0.4 is 5.32 Å². The molecule has 0 aliphatic heterocycles. The van der Waals surface area contributed by atoms with Gasteiger partial charge in [0.2, 0.25) is 5.82 Å². The normalized spacial score (nSPS) is 13.3. The van der Waals surface area contributed by atoms with Crippen molar-refractivity contribution in [2.24, 2.45) is 0 Å². The van der Waals surface area contributed by atoms with E-state index in [0.29, 0.717) is 17.8 Å². The number of rotatable bonds is 6. The van der Waals surface area contributed by atoms with Crippen LogP contribution in [-0.2, 0) is 17.8 Å². The minimum Gasteiger partial charge on any atom is -0.483 e. The zero-order chi connectivity index (χ0) is 19.8. The fraction of sp³-hybridized carbons (Fsp3) is 0.318. The summed E-state index contributed by atoms with van der Waals surface area (Å²) < 4.78 is 5.54. The van der Waals surface area contributed by atoms with E-state index in [1.165, 1.54) is 30.4 Å². The summed E-state index contributed by atoms with van der Waals surface area (Å²) >= 11 is 0. The quantitative estimate of drug-likeness (QED) is 0.621. The molecule has 2 aromatic carbocycles. The first kappa shape index (κ1) is 19.8. The summed E-state index contributed by atoms with van der Waals surface area (Å²) in [5, 5.41) is 14.7. The lowest BCUT2D eigenvalue weighted by Crippen LogP contribution is -2.34. The second-order valence-corrected chi connectivity index (χ2v) is 6.75. The van der Waals surface area contributed by atoms with Crippen molar-refractivity contribution in [1.29, 1.82) is 0 Å². The summed E-state index contributed by atoms with van der Waals surface area (Å²) in [6, 6.07) is 17.3. The molecule has 1 aliphatic rings. The SMILES string of the molecule is CCc1ccccc1-c1nc(-c2cccc(CNC3CCC3)c2)no1.O=CO.